The van der Waals surface area contributed by atoms with Gasteiger partial charge < -0.3 is 15.1 Å². The third kappa shape index (κ3) is 13.5. The highest BCUT2D eigenvalue weighted by Gasteiger charge is 2.48. The summed E-state index contributed by atoms with van der Waals surface area (Å²) < 4.78 is 97.7. The summed E-state index contributed by atoms with van der Waals surface area (Å²) in [5.41, 5.74) is -1.00. The van der Waals surface area contributed by atoms with Gasteiger partial charge in [0.05, 0.1) is 10.6 Å². The second kappa shape index (κ2) is 21.3. The zero-order valence-electron chi connectivity index (χ0n) is 37.5. The van der Waals surface area contributed by atoms with E-state index in [0.29, 0.717) is 35.7 Å². The predicted octanol–water partition coefficient (Wildman–Crippen LogP) is 10.1. The molecule has 17 heteroatoms. The zero-order valence-corrected chi connectivity index (χ0v) is 40.7. The maximum absolute atomic E-state index is 14.2. The van der Waals surface area contributed by atoms with Crippen molar-refractivity contribution >= 4 is 66.1 Å². The van der Waals surface area contributed by atoms with Crippen LogP contribution in [-0.2, 0) is 19.9 Å². The number of sulfonamides is 1. The number of hydrogen-bond acceptors (Lipinski definition) is 10. The largest absolute Gasteiger partial charge is 0.501 e. The summed E-state index contributed by atoms with van der Waals surface area (Å²) >= 11 is 7.64. The molecule has 6 rings (SSSR count). The molecule has 1 aliphatic carbocycles. The Balaban J connectivity index is 1.13. The summed E-state index contributed by atoms with van der Waals surface area (Å²) in [5, 5.41) is 3.71. The van der Waals surface area contributed by atoms with E-state index in [1.807, 2.05) is 54.2 Å². The van der Waals surface area contributed by atoms with Crippen molar-refractivity contribution in [1.82, 2.24) is 14.5 Å². The van der Waals surface area contributed by atoms with Crippen molar-refractivity contribution in [2.24, 2.45) is 11.3 Å². The Hall–Kier alpha value is -4.06. The molecule has 1 aliphatic heterocycles. The summed E-state index contributed by atoms with van der Waals surface area (Å²) in [5.74, 6) is -0.276. The van der Waals surface area contributed by atoms with Gasteiger partial charge in [0.25, 0.3) is 25.8 Å². The number of hydrogen-bond donors (Lipinski definition) is 2. The minimum atomic E-state index is -6.05. The molecule has 0 aromatic heterocycles. The number of benzene rings is 4. The molecule has 0 saturated carbocycles. The normalized spacial score (nSPS) is 16.8. The molecule has 10 nitrogen and oxygen atoms in total. The second-order valence-corrected chi connectivity index (χ2v) is 23.3. The van der Waals surface area contributed by atoms with Gasteiger partial charge in [0.1, 0.15) is 4.90 Å². The van der Waals surface area contributed by atoms with E-state index in [0.717, 1.165) is 81.2 Å². The molecule has 1 amide bonds. The lowest BCUT2D eigenvalue weighted by atomic mass is 9.73. The van der Waals surface area contributed by atoms with Crippen LogP contribution < -0.4 is 14.9 Å². The zero-order chi connectivity index (χ0) is 47.2. The first kappa shape index (κ1) is 50.4. The minimum Gasteiger partial charge on any atom is -0.380 e. The number of carbonyl (C=O) groups excluding carboxylic acids is 1. The molecule has 1 fully saturated rings. The molecule has 4 aromatic rings. The van der Waals surface area contributed by atoms with Gasteiger partial charge in [-0.05, 0) is 128 Å². The molecule has 1 atom stereocenters. The van der Waals surface area contributed by atoms with Gasteiger partial charge in [-0.15, -0.1) is 11.8 Å². The maximum Gasteiger partial charge on any atom is 0.501 e. The number of rotatable bonds is 18. The van der Waals surface area contributed by atoms with Crippen LogP contribution in [0.4, 0.5) is 24.5 Å². The number of nitrogens with one attached hydrogen (secondary N) is 2. The summed E-state index contributed by atoms with van der Waals surface area (Å²) in [4.78, 5) is 18.9. The molecule has 0 bridgehead atoms. The van der Waals surface area contributed by atoms with Gasteiger partial charge in [0.15, 0.2) is 0 Å². The van der Waals surface area contributed by atoms with Crippen LogP contribution >= 0.6 is 23.4 Å². The number of thioether (sulfide) groups is 1. The van der Waals surface area contributed by atoms with Crippen molar-refractivity contribution in [3.05, 3.63) is 119 Å². The summed E-state index contributed by atoms with van der Waals surface area (Å²) in [6.45, 7) is 14.1. The van der Waals surface area contributed by atoms with Gasteiger partial charge in [-0.1, -0.05) is 75.2 Å². The molecule has 0 radical (unpaired) electrons. The van der Waals surface area contributed by atoms with Crippen LogP contribution in [0.3, 0.4) is 0 Å². The summed E-state index contributed by atoms with van der Waals surface area (Å²) in [6, 6.07) is 25.8. The molecular weight excluding hydrogens is 915 g/mol. The van der Waals surface area contributed by atoms with Crippen LogP contribution in [-0.4, -0.2) is 103 Å². The second-order valence-electron chi connectivity index (χ2n) is 18.2. The van der Waals surface area contributed by atoms with E-state index in [1.54, 1.807) is 12.1 Å². The van der Waals surface area contributed by atoms with E-state index >= 15 is 0 Å². The number of amides is 1. The van der Waals surface area contributed by atoms with E-state index in [1.165, 1.54) is 40.6 Å². The number of piperazine rings is 1. The number of allylic oxidation sites excluding steroid dienone is 1. The Morgan fingerprint density at radius 3 is 2.20 bits per heavy atom. The summed E-state index contributed by atoms with van der Waals surface area (Å²) in [6.07, 6.45) is 3.60. The van der Waals surface area contributed by atoms with Gasteiger partial charge in [0, 0.05) is 72.2 Å². The molecule has 1 saturated heterocycles. The highest BCUT2D eigenvalue weighted by atomic mass is 35.5. The van der Waals surface area contributed by atoms with E-state index in [2.05, 4.69) is 59.8 Å². The lowest BCUT2D eigenvalue weighted by Crippen LogP contribution is -2.47. The lowest BCUT2D eigenvalue weighted by molar-refractivity contribution is -0.0435. The smallest absolute Gasteiger partial charge is 0.380 e. The van der Waals surface area contributed by atoms with Crippen LogP contribution in [0.2, 0.25) is 5.02 Å². The third-order valence-electron chi connectivity index (χ3n) is 11.8. The molecule has 4 aromatic carbocycles. The number of carbonyl (C=O) groups is 1. The predicted molar refractivity (Wildman–Crippen MR) is 257 cm³/mol. The lowest BCUT2D eigenvalue weighted by Gasteiger charge is -2.39. The molecule has 1 heterocycles. The maximum atomic E-state index is 14.2. The Morgan fingerprint density at radius 1 is 0.908 bits per heavy atom. The van der Waals surface area contributed by atoms with Crippen LogP contribution in [0.1, 0.15) is 69.3 Å². The Bertz CT molecular complexity index is 2520. The van der Waals surface area contributed by atoms with Gasteiger partial charge in [-0.25, -0.2) is 21.6 Å². The number of alkyl halides is 3. The first-order valence-corrected chi connectivity index (χ1v) is 26.1. The molecule has 65 heavy (non-hydrogen) atoms. The van der Waals surface area contributed by atoms with Crippen molar-refractivity contribution in [1.29, 1.82) is 0 Å². The van der Waals surface area contributed by atoms with Crippen molar-refractivity contribution in [3.8, 4) is 0 Å². The quantitative estimate of drug-likeness (QED) is 0.0934. The van der Waals surface area contributed by atoms with Gasteiger partial charge in [-0.2, -0.15) is 13.2 Å². The highest BCUT2D eigenvalue weighted by Crippen LogP contribution is 2.43. The van der Waals surface area contributed by atoms with Gasteiger partial charge >= 0.3 is 5.51 Å². The number of nitrogens with zero attached hydrogens (tertiary/aromatic N) is 3. The van der Waals surface area contributed by atoms with Crippen LogP contribution in [0.15, 0.2) is 117 Å². The van der Waals surface area contributed by atoms with Crippen LogP contribution in [0.25, 0.3) is 5.57 Å². The first-order valence-electron chi connectivity index (χ1n) is 21.8. The Labute approximate surface area is 392 Å². The van der Waals surface area contributed by atoms with E-state index in [-0.39, 0.29) is 11.0 Å². The van der Waals surface area contributed by atoms with E-state index in [4.69, 9.17) is 11.6 Å². The highest BCUT2D eigenvalue weighted by molar-refractivity contribution is 7.99. The van der Waals surface area contributed by atoms with Crippen molar-refractivity contribution < 1.29 is 34.8 Å². The van der Waals surface area contributed by atoms with Crippen molar-refractivity contribution in [3.63, 3.8) is 0 Å². The topological polar surface area (TPSA) is 119 Å². The van der Waals surface area contributed by atoms with Crippen LogP contribution in [0.5, 0.6) is 0 Å². The number of halogens is 4. The Morgan fingerprint density at radius 2 is 1.57 bits per heavy atom. The van der Waals surface area contributed by atoms with Gasteiger partial charge in [0.2, 0.25) is 0 Å². The Kier molecular flexibility index (Phi) is 16.5. The number of sulfone groups is 1. The fourth-order valence-electron chi connectivity index (χ4n) is 8.42. The van der Waals surface area contributed by atoms with Crippen LogP contribution in [0, 0.1) is 11.3 Å². The number of anilines is 2. The van der Waals surface area contributed by atoms with Crippen molar-refractivity contribution in [2.45, 2.75) is 79.6 Å². The third-order valence-corrected chi connectivity index (χ3v) is 16.1. The molecular formula is C48H59ClF3N5O5S3. The standard InChI is InChI=1S/C48H59ClF3N5O5S3/c1-34(2)31-55(5)24-22-39(33-63-41-9-7-6-8-10-41)53-44-20-19-42(29-45(44)64(59,60)48(50,51)52)65(61,62)54-46(58)36-13-17-40(18-14-36)57-27-25-56(26-28-57)32-37-30-47(3,4)23-21-43(37)35-11-15-38(49)16-12-35/h6-20,29,34,39,53H,21-28,30-33H2,1-5H3,(H,54,58)/t39-/m1/s1. The molecule has 352 valence electrons. The molecule has 0 unspecified atom stereocenters. The summed E-state index contributed by atoms with van der Waals surface area (Å²) in [7, 11) is -8.95. The molecule has 0 spiro atoms. The van der Waals surface area contributed by atoms with E-state index in [9.17, 15) is 34.8 Å². The first-order chi connectivity index (χ1) is 30.6. The van der Waals surface area contributed by atoms with Gasteiger partial charge in [-0.3, -0.25) is 9.69 Å². The van der Waals surface area contributed by atoms with Crippen molar-refractivity contribution in [2.75, 3.05) is 68.8 Å². The minimum absolute atomic E-state index is 0.000145. The van der Waals surface area contributed by atoms with E-state index < -0.39 is 52.8 Å². The average molecular weight is 975 g/mol. The monoisotopic (exact) mass is 973 g/mol. The fourth-order valence-corrected chi connectivity index (χ4v) is 11.6. The SMILES string of the molecule is CC(C)CN(C)CC[C@H](CSc1ccccc1)Nc1ccc(S(=O)(=O)NC(=O)c2ccc(N3CCN(CC4=C(c5ccc(Cl)cc5)CCC(C)(C)C4)CC3)cc2)cc1S(=O)(=O)C(F)(F)F. The molecule has 2 N–H and O–H groups in total. The average Bonchev–Trinajstić information content (AvgIpc) is 3.25. The molecule has 2 aliphatic rings. The fraction of sp³-hybridized carbons (Fsp3) is 0.438.